The minimum atomic E-state index is -0.399. The largest absolute Gasteiger partial charge is 0.403 e. The molecule has 134 valence electrons. The van der Waals surface area contributed by atoms with Gasteiger partial charge in [0.2, 0.25) is 11.8 Å². The molecule has 1 N–H and O–H groups in total. The average molecular weight is 392 g/mol. The number of halogens is 2. The molecule has 0 saturated heterocycles. The minimum absolute atomic E-state index is 0.000356. The molecule has 0 spiro atoms. The van der Waals surface area contributed by atoms with Gasteiger partial charge in [0.05, 0.1) is 0 Å². The number of nitrogens with zero attached hydrogens (tertiary/aromatic N) is 2. The predicted molar refractivity (Wildman–Crippen MR) is 99.7 cm³/mol. The van der Waals surface area contributed by atoms with Crippen LogP contribution in [0.15, 0.2) is 57.8 Å². The quantitative estimate of drug-likeness (QED) is 0.451. The van der Waals surface area contributed by atoms with Crippen LogP contribution in [0, 0.1) is 5.82 Å². The summed E-state index contributed by atoms with van der Waals surface area (Å²) in [7, 11) is 0. The van der Waals surface area contributed by atoms with E-state index in [4.69, 9.17) is 16.0 Å². The van der Waals surface area contributed by atoms with Gasteiger partial charge in [-0.05, 0) is 54.6 Å². The number of rotatable bonds is 7. The lowest BCUT2D eigenvalue weighted by Gasteiger charge is -2.02. The minimum Gasteiger partial charge on any atom is -0.403 e. The van der Waals surface area contributed by atoms with E-state index in [9.17, 15) is 9.18 Å². The number of carbonyl (C=O) groups excluding carboxylic acids is 1. The van der Waals surface area contributed by atoms with Crippen LogP contribution in [0.2, 0.25) is 5.02 Å². The zero-order chi connectivity index (χ0) is 18.4. The summed E-state index contributed by atoms with van der Waals surface area (Å²) < 4.78 is 18.6. The SMILES string of the molecule is O=C(CCCSc1ccc(Cl)cc1)Nc1nnc(-c2cccc(F)c2)o1. The van der Waals surface area contributed by atoms with E-state index >= 15 is 0 Å². The third kappa shape index (κ3) is 5.31. The summed E-state index contributed by atoms with van der Waals surface area (Å²) >= 11 is 7.49. The molecule has 0 aliphatic rings. The summed E-state index contributed by atoms with van der Waals surface area (Å²) in [6.45, 7) is 0. The summed E-state index contributed by atoms with van der Waals surface area (Å²) in [5, 5.41) is 10.8. The van der Waals surface area contributed by atoms with Gasteiger partial charge < -0.3 is 4.42 Å². The van der Waals surface area contributed by atoms with Gasteiger partial charge in [0.25, 0.3) is 0 Å². The van der Waals surface area contributed by atoms with Crippen molar-refractivity contribution in [3.8, 4) is 11.5 Å². The highest BCUT2D eigenvalue weighted by molar-refractivity contribution is 7.99. The lowest BCUT2D eigenvalue weighted by molar-refractivity contribution is -0.116. The topological polar surface area (TPSA) is 68.0 Å². The van der Waals surface area contributed by atoms with Gasteiger partial charge in [-0.2, -0.15) is 0 Å². The van der Waals surface area contributed by atoms with E-state index < -0.39 is 5.82 Å². The first-order chi connectivity index (χ1) is 12.6. The van der Waals surface area contributed by atoms with Gasteiger partial charge in [0.1, 0.15) is 5.82 Å². The van der Waals surface area contributed by atoms with Gasteiger partial charge in [0, 0.05) is 21.9 Å². The molecule has 1 heterocycles. The summed E-state index contributed by atoms with van der Waals surface area (Å²) in [5.74, 6) is 0.340. The van der Waals surface area contributed by atoms with Crippen LogP contribution in [0.5, 0.6) is 0 Å². The van der Waals surface area contributed by atoms with Gasteiger partial charge in [-0.25, -0.2) is 4.39 Å². The number of hydrogen-bond donors (Lipinski definition) is 1. The monoisotopic (exact) mass is 391 g/mol. The summed E-state index contributed by atoms with van der Waals surface area (Å²) in [6.07, 6.45) is 1.03. The van der Waals surface area contributed by atoms with Crippen molar-refractivity contribution in [1.82, 2.24) is 10.2 Å². The number of carbonyl (C=O) groups is 1. The zero-order valence-electron chi connectivity index (χ0n) is 13.6. The van der Waals surface area contributed by atoms with E-state index in [1.165, 1.54) is 12.1 Å². The van der Waals surface area contributed by atoms with Crippen LogP contribution in [-0.2, 0) is 4.79 Å². The lowest BCUT2D eigenvalue weighted by Crippen LogP contribution is -2.11. The number of hydrogen-bond acceptors (Lipinski definition) is 5. The van der Waals surface area contributed by atoms with Crippen LogP contribution < -0.4 is 5.32 Å². The van der Waals surface area contributed by atoms with Crippen LogP contribution in [0.3, 0.4) is 0 Å². The van der Waals surface area contributed by atoms with Gasteiger partial charge in [-0.3, -0.25) is 10.1 Å². The van der Waals surface area contributed by atoms with Crippen molar-refractivity contribution in [2.75, 3.05) is 11.1 Å². The van der Waals surface area contributed by atoms with Crippen LogP contribution in [0.25, 0.3) is 11.5 Å². The zero-order valence-corrected chi connectivity index (χ0v) is 15.2. The molecule has 1 aromatic heterocycles. The fourth-order valence-electron chi connectivity index (χ4n) is 2.15. The first-order valence-corrected chi connectivity index (χ1v) is 9.24. The molecule has 0 atom stereocenters. The molecule has 0 radical (unpaired) electrons. The van der Waals surface area contributed by atoms with Gasteiger partial charge in [-0.15, -0.1) is 16.9 Å². The number of anilines is 1. The molecule has 0 fully saturated rings. The molecule has 1 amide bonds. The van der Waals surface area contributed by atoms with Gasteiger partial charge in [-0.1, -0.05) is 22.8 Å². The highest BCUT2D eigenvalue weighted by Crippen LogP contribution is 2.22. The third-order valence-electron chi connectivity index (χ3n) is 3.37. The number of aromatic nitrogens is 2. The van der Waals surface area contributed by atoms with Crippen molar-refractivity contribution in [1.29, 1.82) is 0 Å². The van der Waals surface area contributed by atoms with Crippen molar-refractivity contribution in [3.63, 3.8) is 0 Å². The number of benzene rings is 2. The van der Waals surface area contributed by atoms with Crippen molar-refractivity contribution in [3.05, 3.63) is 59.4 Å². The second kappa shape index (κ2) is 8.82. The molecule has 0 aliphatic heterocycles. The van der Waals surface area contributed by atoms with E-state index in [-0.39, 0.29) is 17.8 Å². The molecule has 26 heavy (non-hydrogen) atoms. The Morgan fingerprint density at radius 2 is 2.00 bits per heavy atom. The molecule has 3 rings (SSSR count). The van der Waals surface area contributed by atoms with E-state index in [1.807, 2.05) is 24.3 Å². The molecular weight excluding hydrogens is 377 g/mol. The Labute approximate surface area is 159 Å². The number of amides is 1. The lowest BCUT2D eigenvalue weighted by atomic mass is 10.2. The second-order valence-corrected chi connectivity index (χ2v) is 6.98. The standard InChI is InChI=1S/C18H15ClFN3O2S/c19-13-6-8-15(9-7-13)26-10-2-5-16(24)21-18-23-22-17(25-18)12-3-1-4-14(20)11-12/h1,3-4,6-9,11H,2,5,10H2,(H,21,23,24). The van der Waals surface area contributed by atoms with Crippen molar-refractivity contribution in [2.45, 2.75) is 17.7 Å². The average Bonchev–Trinajstić information content (AvgIpc) is 3.09. The molecule has 2 aromatic carbocycles. The summed E-state index contributed by atoms with van der Waals surface area (Å²) in [4.78, 5) is 13.0. The Kier molecular flexibility index (Phi) is 6.25. The van der Waals surface area contributed by atoms with Crippen LogP contribution in [0.4, 0.5) is 10.4 Å². The highest BCUT2D eigenvalue weighted by atomic mass is 35.5. The maximum atomic E-state index is 13.2. The molecule has 0 aliphatic carbocycles. The van der Waals surface area contributed by atoms with Crippen molar-refractivity contribution in [2.24, 2.45) is 0 Å². The highest BCUT2D eigenvalue weighted by Gasteiger charge is 2.11. The number of nitrogens with one attached hydrogen (secondary N) is 1. The Morgan fingerprint density at radius 3 is 2.77 bits per heavy atom. The summed E-state index contributed by atoms with van der Waals surface area (Å²) in [6, 6.07) is 13.4. The molecule has 3 aromatic rings. The molecule has 0 saturated carbocycles. The van der Waals surface area contributed by atoms with E-state index in [1.54, 1.807) is 23.9 Å². The van der Waals surface area contributed by atoms with E-state index in [0.717, 1.165) is 10.6 Å². The fourth-order valence-corrected chi connectivity index (χ4v) is 3.13. The Hall–Kier alpha value is -2.38. The van der Waals surface area contributed by atoms with Crippen LogP contribution >= 0.6 is 23.4 Å². The smallest absolute Gasteiger partial charge is 0.322 e. The Balaban J connectivity index is 1.44. The molecular formula is C18H15ClFN3O2S. The van der Waals surface area contributed by atoms with Crippen molar-refractivity contribution >= 4 is 35.3 Å². The van der Waals surface area contributed by atoms with Crippen LogP contribution in [0.1, 0.15) is 12.8 Å². The maximum absolute atomic E-state index is 13.2. The number of thioether (sulfide) groups is 1. The second-order valence-electron chi connectivity index (χ2n) is 5.38. The van der Waals surface area contributed by atoms with Crippen molar-refractivity contribution < 1.29 is 13.6 Å². The maximum Gasteiger partial charge on any atom is 0.322 e. The Bertz CT molecular complexity index is 886. The molecule has 0 bridgehead atoms. The molecule has 8 heteroatoms. The fraction of sp³-hybridized carbons (Fsp3) is 0.167. The summed E-state index contributed by atoms with van der Waals surface area (Å²) in [5.41, 5.74) is 0.456. The molecule has 5 nitrogen and oxygen atoms in total. The first-order valence-electron chi connectivity index (χ1n) is 7.88. The van der Waals surface area contributed by atoms with E-state index in [0.29, 0.717) is 23.4 Å². The van der Waals surface area contributed by atoms with E-state index in [2.05, 4.69) is 15.5 Å². The first kappa shape index (κ1) is 18.4. The Morgan fingerprint density at radius 1 is 1.19 bits per heavy atom. The van der Waals surface area contributed by atoms with Gasteiger partial charge in [0.15, 0.2) is 0 Å². The third-order valence-corrected chi connectivity index (χ3v) is 4.72. The molecule has 0 unspecified atom stereocenters. The predicted octanol–water partition coefficient (Wildman–Crippen LogP) is 5.04. The van der Waals surface area contributed by atoms with Gasteiger partial charge >= 0.3 is 6.01 Å². The normalized spacial score (nSPS) is 10.7. The van der Waals surface area contributed by atoms with Crippen LogP contribution in [-0.4, -0.2) is 21.9 Å².